The molecule has 0 bridgehead atoms. The maximum atomic E-state index is 13.6. The second-order valence-corrected chi connectivity index (χ2v) is 7.26. The number of para-hydroxylation sites is 1. The molecule has 9 heteroatoms. The van der Waals surface area contributed by atoms with Gasteiger partial charge in [0.2, 0.25) is 0 Å². The second-order valence-electron chi connectivity index (χ2n) is 7.26. The number of amides is 1. The van der Waals surface area contributed by atoms with Crippen molar-refractivity contribution in [3.8, 4) is 11.5 Å². The number of nitro groups is 1. The normalized spacial score (nSPS) is 11.3. The van der Waals surface area contributed by atoms with E-state index in [1.807, 2.05) is 30.3 Å². The molecule has 0 radical (unpaired) electrons. The first-order valence-electron chi connectivity index (χ1n) is 10.4. The lowest BCUT2D eigenvalue weighted by atomic mass is 10.1. The first kappa shape index (κ1) is 24.2. The maximum absolute atomic E-state index is 13.6. The highest BCUT2D eigenvalue weighted by Crippen LogP contribution is 2.37. The van der Waals surface area contributed by atoms with Gasteiger partial charge in [0.15, 0.2) is 11.5 Å². The molecule has 0 aromatic heterocycles. The Hall–Kier alpha value is -4.40. The van der Waals surface area contributed by atoms with Crippen molar-refractivity contribution in [2.24, 2.45) is 0 Å². The van der Waals surface area contributed by atoms with Crippen LogP contribution in [-0.2, 0) is 16.1 Å². The lowest BCUT2D eigenvalue weighted by Gasteiger charge is -2.27. The molecule has 1 amide bonds. The number of carbonyl (C=O) groups is 2. The van der Waals surface area contributed by atoms with Crippen molar-refractivity contribution in [1.29, 1.82) is 0 Å². The molecule has 34 heavy (non-hydrogen) atoms. The van der Waals surface area contributed by atoms with Crippen LogP contribution in [0.1, 0.15) is 22.8 Å². The third kappa shape index (κ3) is 5.32. The molecule has 0 saturated carbocycles. The first-order chi connectivity index (χ1) is 16.4. The van der Waals surface area contributed by atoms with Gasteiger partial charge in [-0.15, -0.1) is 0 Å². The molecule has 0 aliphatic rings. The number of hydrogen-bond donors (Lipinski definition) is 0. The smallest absolute Gasteiger partial charge is 0.328 e. The van der Waals surface area contributed by atoms with E-state index in [4.69, 9.17) is 14.2 Å². The number of methoxy groups -OCH3 is 2. The molecule has 9 nitrogen and oxygen atoms in total. The van der Waals surface area contributed by atoms with Crippen molar-refractivity contribution < 1.29 is 28.7 Å². The van der Waals surface area contributed by atoms with E-state index in [1.54, 1.807) is 30.3 Å². The molecule has 0 saturated heterocycles. The van der Waals surface area contributed by atoms with Crippen LogP contribution >= 0.6 is 0 Å². The summed E-state index contributed by atoms with van der Waals surface area (Å²) in [6.45, 7) is 1.63. The molecule has 0 N–H and O–H groups in total. The van der Waals surface area contributed by atoms with E-state index in [0.29, 0.717) is 5.69 Å². The monoisotopic (exact) mass is 464 g/mol. The van der Waals surface area contributed by atoms with Crippen LogP contribution in [0, 0.1) is 10.1 Å². The van der Waals surface area contributed by atoms with E-state index in [1.165, 1.54) is 27.2 Å². The van der Waals surface area contributed by atoms with Gasteiger partial charge in [0.25, 0.3) is 11.6 Å². The topological polar surface area (TPSA) is 108 Å². The predicted molar refractivity (Wildman–Crippen MR) is 125 cm³/mol. The lowest BCUT2D eigenvalue weighted by molar-refractivity contribution is -0.385. The van der Waals surface area contributed by atoms with E-state index < -0.39 is 28.5 Å². The van der Waals surface area contributed by atoms with Crippen LogP contribution in [0.5, 0.6) is 11.5 Å². The quantitative estimate of drug-likeness (QED) is 0.262. The van der Waals surface area contributed by atoms with Gasteiger partial charge in [0.1, 0.15) is 18.2 Å². The Balaban J connectivity index is 2.05. The molecular formula is C25H24N2O7. The van der Waals surface area contributed by atoms with Gasteiger partial charge in [-0.3, -0.25) is 19.8 Å². The summed E-state index contributed by atoms with van der Waals surface area (Å²) in [6.07, 6.45) is 0. The Morgan fingerprint density at radius 2 is 1.59 bits per heavy atom. The van der Waals surface area contributed by atoms with Crippen molar-refractivity contribution in [1.82, 2.24) is 0 Å². The van der Waals surface area contributed by atoms with Crippen LogP contribution in [0.2, 0.25) is 0 Å². The van der Waals surface area contributed by atoms with Gasteiger partial charge < -0.3 is 14.2 Å². The fourth-order valence-corrected chi connectivity index (χ4v) is 3.39. The summed E-state index contributed by atoms with van der Waals surface area (Å²) in [5, 5.41) is 11.9. The molecule has 0 aliphatic carbocycles. The molecule has 3 aromatic rings. The molecule has 0 aliphatic heterocycles. The molecule has 0 heterocycles. The van der Waals surface area contributed by atoms with Crippen LogP contribution in [0.4, 0.5) is 11.4 Å². The minimum Gasteiger partial charge on any atom is -0.493 e. The average Bonchev–Trinajstić information content (AvgIpc) is 2.87. The Labute approximate surface area is 196 Å². The van der Waals surface area contributed by atoms with Crippen molar-refractivity contribution in [2.45, 2.75) is 19.6 Å². The van der Waals surface area contributed by atoms with Gasteiger partial charge in [0.05, 0.1) is 25.2 Å². The minimum atomic E-state index is -1.04. The Morgan fingerprint density at radius 3 is 2.15 bits per heavy atom. The number of ether oxygens (including phenoxy) is 3. The van der Waals surface area contributed by atoms with Crippen LogP contribution in [0.25, 0.3) is 0 Å². The number of hydrogen-bond acceptors (Lipinski definition) is 7. The highest BCUT2D eigenvalue weighted by atomic mass is 16.6. The van der Waals surface area contributed by atoms with Crippen molar-refractivity contribution in [3.63, 3.8) is 0 Å². The third-order valence-corrected chi connectivity index (χ3v) is 5.13. The van der Waals surface area contributed by atoms with E-state index in [9.17, 15) is 19.7 Å². The van der Waals surface area contributed by atoms with Crippen LogP contribution in [-0.4, -0.2) is 37.1 Å². The van der Waals surface area contributed by atoms with E-state index in [0.717, 1.165) is 16.5 Å². The number of anilines is 1. The number of nitrogens with zero attached hydrogens (tertiary/aromatic N) is 2. The summed E-state index contributed by atoms with van der Waals surface area (Å²) in [4.78, 5) is 38.3. The van der Waals surface area contributed by atoms with Crippen LogP contribution in [0.3, 0.4) is 0 Å². The minimum absolute atomic E-state index is 0.113. The second kappa shape index (κ2) is 11.0. The molecule has 176 valence electrons. The van der Waals surface area contributed by atoms with Crippen molar-refractivity contribution in [3.05, 3.63) is 94.0 Å². The molecule has 0 unspecified atom stereocenters. The van der Waals surface area contributed by atoms with Gasteiger partial charge >= 0.3 is 5.97 Å². The summed E-state index contributed by atoms with van der Waals surface area (Å²) in [5.74, 6) is -1.18. The predicted octanol–water partition coefficient (Wildman–Crippen LogP) is 4.39. The van der Waals surface area contributed by atoms with Crippen molar-refractivity contribution in [2.75, 3.05) is 19.1 Å². The van der Waals surface area contributed by atoms with Crippen LogP contribution < -0.4 is 14.4 Å². The third-order valence-electron chi connectivity index (χ3n) is 5.13. The summed E-state index contributed by atoms with van der Waals surface area (Å²) in [6, 6.07) is 19.0. The summed E-state index contributed by atoms with van der Waals surface area (Å²) < 4.78 is 15.9. The van der Waals surface area contributed by atoms with Gasteiger partial charge in [-0.2, -0.15) is 0 Å². The molecule has 1 atom stereocenters. The molecular weight excluding hydrogens is 440 g/mol. The zero-order valence-corrected chi connectivity index (χ0v) is 19.0. The van der Waals surface area contributed by atoms with E-state index >= 15 is 0 Å². The maximum Gasteiger partial charge on any atom is 0.328 e. The zero-order chi connectivity index (χ0) is 24.7. The number of esters is 1. The van der Waals surface area contributed by atoms with Crippen molar-refractivity contribution >= 4 is 23.3 Å². The first-order valence-corrected chi connectivity index (χ1v) is 10.4. The lowest BCUT2D eigenvalue weighted by Crippen LogP contribution is -2.44. The Morgan fingerprint density at radius 1 is 0.971 bits per heavy atom. The summed E-state index contributed by atoms with van der Waals surface area (Å²) >= 11 is 0. The average molecular weight is 464 g/mol. The number of nitro benzene ring substituents is 1. The molecule has 0 spiro atoms. The largest absolute Gasteiger partial charge is 0.493 e. The van der Waals surface area contributed by atoms with E-state index in [2.05, 4.69) is 0 Å². The Bertz CT molecular complexity index is 1170. The standard InChI is InChI=1S/C25H24N2O7/c1-17(25(29)33-3)26(19-12-8-5-9-13-19)24(28)20-14-22(32-2)23(15-21(20)27(30)31)34-16-18-10-6-4-7-11-18/h4-15,17H,16H2,1-3H3/t17-/m0/s1. The summed E-state index contributed by atoms with van der Waals surface area (Å²) in [5.41, 5.74) is 0.498. The van der Waals surface area contributed by atoms with Gasteiger partial charge in [-0.1, -0.05) is 48.5 Å². The number of carbonyl (C=O) groups excluding carboxylic acids is 2. The SMILES string of the molecule is COC(=O)[C@H](C)N(C(=O)c1cc(OC)c(OCc2ccccc2)cc1[N+](=O)[O-])c1ccccc1. The number of benzene rings is 3. The van der Waals surface area contributed by atoms with E-state index in [-0.39, 0.29) is 23.7 Å². The fraction of sp³-hybridized carbons (Fsp3) is 0.200. The molecule has 3 rings (SSSR count). The number of rotatable bonds is 9. The molecule has 0 fully saturated rings. The fourth-order valence-electron chi connectivity index (χ4n) is 3.39. The van der Waals surface area contributed by atoms with Gasteiger partial charge in [0, 0.05) is 11.8 Å². The highest BCUT2D eigenvalue weighted by Gasteiger charge is 2.34. The summed E-state index contributed by atoms with van der Waals surface area (Å²) in [7, 11) is 2.58. The molecule has 3 aromatic carbocycles. The van der Waals surface area contributed by atoms with Gasteiger partial charge in [-0.05, 0) is 24.6 Å². The Kier molecular flexibility index (Phi) is 7.81. The highest BCUT2D eigenvalue weighted by molar-refractivity contribution is 6.11. The van der Waals surface area contributed by atoms with Crippen LogP contribution in [0.15, 0.2) is 72.8 Å². The van der Waals surface area contributed by atoms with Gasteiger partial charge in [-0.25, -0.2) is 4.79 Å². The zero-order valence-electron chi connectivity index (χ0n) is 19.0.